The van der Waals surface area contributed by atoms with Gasteiger partial charge in [0.2, 0.25) is 0 Å². The van der Waals surface area contributed by atoms with Crippen molar-refractivity contribution in [2.75, 3.05) is 0 Å². The molecule has 0 heterocycles. The average Bonchev–Trinajstić information content (AvgIpc) is 2.22. The number of nitrogens with two attached hydrogens (primary N) is 1. The third-order valence-electron chi connectivity index (χ3n) is 2.17. The van der Waals surface area contributed by atoms with Gasteiger partial charge >= 0.3 is 12.1 Å². The van der Waals surface area contributed by atoms with Crippen molar-refractivity contribution in [3.8, 4) is 5.75 Å². The van der Waals surface area contributed by atoms with Crippen LogP contribution < -0.4 is 5.73 Å². The number of rotatable bonds is 2. The molecule has 10 heteroatoms. The molecule has 0 spiro atoms. The Balaban J connectivity index is 0.00000324. The molecule has 0 amide bonds. The highest BCUT2D eigenvalue weighted by molar-refractivity contribution is 9.11. The summed E-state index contributed by atoms with van der Waals surface area (Å²) in [6, 6.07) is -0.750. The summed E-state index contributed by atoms with van der Waals surface area (Å²) in [5.74, 6) is -5.38. The fourth-order valence-corrected chi connectivity index (χ4v) is 2.37. The van der Waals surface area contributed by atoms with Gasteiger partial charge in [0, 0.05) is 0 Å². The van der Waals surface area contributed by atoms with Crippen molar-refractivity contribution in [3.63, 3.8) is 0 Å². The van der Waals surface area contributed by atoms with Crippen LogP contribution in [0.5, 0.6) is 5.75 Å². The molecule has 2 nitrogen and oxygen atoms in total. The molecule has 1 atom stereocenters. The van der Waals surface area contributed by atoms with Crippen LogP contribution in [-0.4, -0.2) is 17.2 Å². The second-order valence-electron chi connectivity index (χ2n) is 3.43. The maximum atomic E-state index is 13.0. The van der Waals surface area contributed by atoms with Crippen LogP contribution in [0.2, 0.25) is 0 Å². The molecule has 0 saturated carbocycles. The fraction of sp³-hybridized carbons (Fsp3) is 0.333. The maximum Gasteiger partial charge on any atom is 0.455 e. The van der Waals surface area contributed by atoms with Crippen LogP contribution in [-0.2, 0) is 0 Å². The lowest BCUT2D eigenvalue weighted by molar-refractivity contribution is -0.291. The zero-order chi connectivity index (χ0) is 14.3. The van der Waals surface area contributed by atoms with E-state index in [0.29, 0.717) is 0 Å². The normalized spacial score (nSPS) is 13.9. The van der Waals surface area contributed by atoms with E-state index in [1.165, 1.54) is 0 Å². The van der Waals surface area contributed by atoms with Gasteiger partial charge in [-0.15, -0.1) is 12.4 Å². The molecule has 110 valence electrons. The van der Waals surface area contributed by atoms with Crippen molar-refractivity contribution in [2.45, 2.75) is 18.1 Å². The van der Waals surface area contributed by atoms with Crippen molar-refractivity contribution in [1.29, 1.82) is 0 Å². The van der Waals surface area contributed by atoms with Crippen LogP contribution in [0.3, 0.4) is 0 Å². The molecule has 19 heavy (non-hydrogen) atoms. The molecule has 0 bridgehead atoms. The summed E-state index contributed by atoms with van der Waals surface area (Å²) in [4.78, 5) is 0. The van der Waals surface area contributed by atoms with Gasteiger partial charge in [0.15, 0.2) is 0 Å². The molecular formula is C9H7Br2ClF5NO. The lowest BCUT2D eigenvalue weighted by atomic mass is 10.0. The highest BCUT2D eigenvalue weighted by Gasteiger charge is 2.61. The zero-order valence-corrected chi connectivity index (χ0v) is 12.8. The monoisotopic (exact) mass is 433 g/mol. The number of phenols is 1. The Labute approximate surface area is 127 Å². The predicted molar refractivity (Wildman–Crippen MR) is 68.7 cm³/mol. The summed E-state index contributed by atoms with van der Waals surface area (Å²) in [6.07, 6.45) is -5.75. The van der Waals surface area contributed by atoms with E-state index < -0.39 is 23.7 Å². The fourth-order valence-electron chi connectivity index (χ4n) is 1.15. The average molecular weight is 435 g/mol. The number of benzene rings is 1. The summed E-state index contributed by atoms with van der Waals surface area (Å²) in [5, 5.41) is 9.33. The first kappa shape index (κ1) is 18.9. The lowest BCUT2D eigenvalue weighted by Crippen LogP contribution is -2.45. The highest BCUT2D eigenvalue weighted by Crippen LogP contribution is 2.45. The van der Waals surface area contributed by atoms with Gasteiger partial charge in [0.1, 0.15) is 11.8 Å². The van der Waals surface area contributed by atoms with E-state index >= 15 is 0 Å². The van der Waals surface area contributed by atoms with E-state index in [0.717, 1.165) is 12.1 Å². The summed E-state index contributed by atoms with van der Waals surface area (Å²) in [7, 11) is 0. The molecule has 0 saturated heterocycles. The third-order valence-corrected chi connectivity index (χ3v) is 3.38. The Hall–Kier alpha value is -0.120. The predicted octanol–water partition coefficient (Wildman–Crippen LogP) is 4.54. The van der Waals surface area contributed by atoms with Crippen molar-refractivity contribution in [3.05, 3.63) is 26.6 Å². The first-order chi connectivity index (χ1) is 7.98. The van der Waals surface area contributed by atoms with Gasteiger partial charge in [0.25, 0.3) is 0 Å². The summed E-state index contributed by atoms with van der Waals surface area (Å²) in [5.41, 5.74) is 4.49. The number of aromatic hydroxyl groups is 1. The molecule has 1 aromatic carbocycles. The second-order valence-corrected chi connectivity index (χ2v) is 5.14. The van der Waals surface area contributed by atoms with Gasteiger partial charge in [-0.1, -0.05) is 0 Å². The van der Waals surface area contributed by atoms with Gasteiger partial charge in [-0.05, 0) is 49.6 Å². The topological polar surface area (TPSA) is 46.2 Å². The Morgan fingerprint density at radius 1 is 1.05 bits per heavy atom. The minimum Gasteiger partial charge on any atom is -0.506 e. The third kappa shape index (κ3) is 3.71. The van der Waals surface area contributed by atoms with Gasteiger partial charge in [0.05, 0.1) is 8.95 Å². The largest absolute Gasteiger partial charge is 0.506 e. The SMILES string of the molecule is Cl.N[C@@H](c1cc(Br)c(O)c(Br)c1)C(F)(F)C(F)(F)F. The van der Waals surface area contributed by atoms with E-state index in [4.69, 9.17) is 5.73 Å². The number of halogens is 8. The molecule has 3 N–H and O–H groups in total. The maximum absolute atomic E-state index is 13.0. The number of phenolic OH excluding ortho intramolecular Hbond substituents is 1. The zero-order valence-electron chi connectivity index (χ0n) is 8.81. The summed E-state index contributed by atoms with van der Waals surface area (Å²) >= 11 is 5.64. The molecule has 0 radical (unpaired) electrons. The number of hydrogen-bond acceptors (Lipinski definition) is 2. The van der Waals surface area contributed by atoms with Crippen molar-refractivity contribution in [1.82, 2.24) is 0 Å². The van der Waals surface area contributed by atoms with Crippen molar-refractivity contribution < 1.29 is 27.1 Å². The van der Waals surface area contributed by atoms with E-state index in [1.54, 1.807) is 0 Å². The molecule has 0 aliphatic carbocycles. The molecule has 1 aromatic rings. The number of alkyl halides is 5. The molecule has 0 aliphatic heterocycles. The van der Waals surface area contributed by atoms with Crippen LogP contribution in [0.1, 0.15) is 11.6 Å². The van der Waals surface area contributed by atoms with E-state index in [-0.39, 0.29) is 27.1 Å². The van der Waals surface area contributed by atoms with Crippen LogP contribution in [0.25, 0.3) is 0 Å². The first-order valence-corrected chi connectivity index (χ1v) is 5.95. The van der Waals surface area contributed by atoms with Gasteiger partial charge in [-0.3, -0.25) is 0 Å². The minimum absolute atomic E-state index is 0. The van der Waals surface area contributed by atoms with Gasteiger partial charge in [-0.2, -0.15) is 22.0 Å². The van der Waals surface area contributed by atoms with Gasteiger partial charge in [-0.25, -0.2) is 0 Å². The minimum atomic E-state index is -5.75. The van der Waals surface area contributed by atoms with Crippen LogP contribution in [0.15, 0.2) is 21.1 Å². The van der Waals surface area contributed by atoms with Crippen LogP contribution in [0.4, 0.5) is 22.0 Å². The van der Waals surface area contributed by atoms with E-state index in [9.17, 15) is 27.1 Å². The van der Waals surface area contributed by atoms with Crippen molar-refractivity contribution >= 4 is 44.3 Å². The lowest BCUT2D eigenvalue weighted by Gasteiger charge is -2.26. The molecule has 1 rings (SSSR count). The Bertz CT molecular complexity index is 445. The first-order valence-electron chi connectivity index (χ1n) is 4.36. The molecule has 0 aliphatic rings. The number of hydrogen-bond donors (Lipinski definition) is 2. The Morgan fingerprint density at radius 3 is 1.74 bits per heavy atom. The summed E-state index contributed by atoms with van der Waals surface area (Å²) < 4.78 is 62.4. The quantitative estimate of drug-likeness (QED) is 0.671. The highest BCUT2D eigenvalue weighted by atomic mass is 79.9. The molecular weight excluding hydrogens is 428 g/mol. The smallest absolute Gasteiger partial charge is 0.455 e. The van der Waals surface area contributed by atoms with Crippen LogP contribution >= 0.6 is 44.3 Å². The molecule has 0 aromatic heterocycles. The second kappa shape index (κ2) is 6.11. The molecule has 0 unspecified atom stereocenters. The molecule has 0 fully saturated rings. The van der Waals surface area contributed by atoms with E-state index in [2.05, 4.69) is 31.9 Å². The Morgan fingerprint density at radius 2 is 1.42 bits per heavy atom. The standard InChI is InChI=1S/C9H6Br2F5NO.ClH/c10-4-1-3(2-5(11)6(4)18)7(17)8(12,13)9(14,15)16;/h1-2,7,18H,17H2;1H/t7-;/m0./s1. The summed E-state index contributed by atoms with van der Waals surface area (Å²) in [6.45, 7) is 0. The van der Waals surface area contributed by atoms with Crippen molar-refractivity contribution in [2.24, 2.45) is 5.73 Å². The Kier molecular flexibility index (Phi) is 6.07. The van der Waals surface area contributed by atoms with Crippen LogP contribution in [0, 0.1) is 0 Å². The van der Waals surface area contributed by atoms with Gasteiger partial charge < -0.3 is 10.8 Å². The van der Waals surface area contributed by atoms with E-state index in [1.807, 2.05) is 0 Å².